The monoisotopic (exact) mass is 218 g/mol. The fourth-order valence-corrected chi connectivity index (χ4v) is 2.15. The van der Waals surface area contributed by atoms with Gasteiger partial charge in [-0.25, -0.2) is 0 Å². The summed E-state index contributed by atoms with van der Waals surface area (Å²) in [6.07, 6.45) is 0. The maximum absolute atomic E-state index is 5.72. The lowest BCUT2D eigenvalue weighted by Crippen LogP contribution is -2.01. The molecule has 2 nitrogen and oxygen atoms in total. The van der Waals surface area contributed by atoms with Crippen molar-refractivity contribution in [2.24, 2.45) is 7.05 Å². The smallest absolute Gasteiger partial charge is 0.0596 e. The Kier molecular flexibility index (Phi) is 4.13. The molecule has 1 atom stereocenters. The fourth-order valence-electron chi connectivity index (χ4n) is 1.07. The number of hydrogen-bond donors (Lipinski definition) is 0. The number of thioether (sulfide) groups is 1. The summed E-state index contributed by atoms with van der Waals surface area (Å²) >= 11 is 7.58. The number of alkyl halides is 1. The zero-order chi connectivity index (χ0) is 9.84. The Morgan fingerprint density at radius 1 is 1.69 bits per heavy atom. The van der Waals surface area contributed by atoms with Crippen molar-refractivity contribution in [2.75, 3.05) is 5.88 Å². The topological polar surface area (TPSA) is 17.8 Å². The normalized spacial score (nSPS) is 13.2. The largest absolute Gasteiger partial charge is 0.272 e. The molecule has 0 N–H and O–H groups in total. The second-order valence-electron chi connectivity index (χ2n) is 3.18. The van der Waals surface area contributed by atoms with Gasteiger partial charge in [-0.1, -0.05) is 6.92 Å². The van der Waals surface area contributed by atoms with Gasteiger partial charge >= 0.3 is 0 Å². The van der Waals surface area contributed by atoms with Gasteiger partial charge in [-0.2, -0.15) is 16.9 Å². The molecule has 0 amide bonds. The lowest BCUT2D eigenvalue weighted by Gasteiger charge is -2.06. The molecule has 0 saturated heterocycles. The Hall–Kier alpha value is -0.150. The number of halogens is 1. The average Bonchev–Trinajstić information content (AvgIpc) is 2.41. The quantitative estimate of drug-likeness (QED) is 0.724. The van der Waals surface area contributed by atoms with Gasteiger partial charge in [0.2, 0.25) is 0 Å². The Morgan fingerprint density at radius 2 is 2.38 bits per heavy atom. The molecule has 1 heterocycles. The number of aryl methyl sites for hydroxylation is 2. The fraction of sp³-hybridized carbons (Fsp3) is 0.667. The Morgan fingerprint density at radius 3 is 2.85 bits per heavy atom. The highest BCUT2D eigenvalue weighted by atomic mass is 35.5. The van der Waals surface area contributed by atoms with Crippen molar-refractivity contribution in [2.45, 2.75) is 24.9 Å². The SMILES string of the molecule is Cc1cc(CSC(C)CCl)n(C)n1. The minimum atomic E-state index is 0.511. The Bertz CT molecular complexity index is 273. The summed E-state index contributed by atoms with van der Waals surface area (Å²) in [4.78, 5) is 0. The van der Waals surface area contributed by atoms with E-state index in [0.29, 0.717) is 11.1 Å². The van der Waals surface area contributed by atoms with Gasteiger partial charge in [0.25, 0.3) is 0 Å². The van der Waals surface area contributed by atoms with E-state index >= 15 is 0 Å². The standard InChI is InChI=1S/C9H15ClN2S/c1-7-4-9(12(3)11-7)6-13-8(2)5-10/h4,8H,5-6H2,1-3H3. The molecule has 0 aliphatic rings. The first-order chi connectivity index (χ1) is 6.13. The zero-order valence-electron chi connectivity index (χ0n) is 8.25. The predicted molar refractivity (Wildman–Crippen MR) is 59.4 cm³/mol. The van der Waals surface area contributed by atoms with Crippen molar-refractivity contribution in [3.63, 3.8) is 0 Å². The minimum Gasteiger partial charge on any atom is -0.272 e. The van der Waals surface area contributed by atoms with Gasteiger partial charge in [-0.3, -0.25) is 4.68 Å². The third-order valence-corrected chi connectivity index (χ3v) is 3.68. The molecule has 0 aromatic carbocycles. The highest BCUT2D eigenvalue weighted by Gasteiger charge is 2.05. The number of rotatable bonds is 4. The van der Waals surface area contributed by atoms with Crippen molar-refractivity contribution in [3.8, 4) is 0 Å². The molecule has 0 spiro atoms. The molecular weight excluding hydrogens is 204 g/mol. The van der Waals surface area contributed by atoms with E-state index in [-0.39, 0.29) is 0 Å². The highest BCUT2D eigenvalue weighted by Crippen LogP contribution is 2.18. The zero-order valence-corrected chi connectivity index (χ0v) is 9.82. The van der Waals surface area contributed by atoms with Crippen molar-refractivity contribution >= 4 is 23.4 Å². The van der Waals surface area contributed by atoms with Crippen molar-refractivity contribution in [1.82, 2.24) is 9.78 Å². The van der Waals surface area contributed by atoms with Crippen LogP contribution < -0.4 is 0 Å². The number of aromatic nitrogens is 2. The summed E-state index contributed by atoms with van der Waals surface area (Å²) < 4.78 is 1.93. The molecule has 13 heavy (non-hydrogen) atoms. The van der Waals surface area contributed by atoms with Crippen LogP contribution in [0.1, 0.15) is 18.3 Å². The summed E-state index contributed by atoms with van der Waals surface area (Å²) in [6.45, 7) is 4.15. The van der Waals surface area contributed by atoms with E-state index in [1.54, 1.807) is 0 Å². The maximum atomic E-state index is 5.72. The van der Waals surface area contributed by atoms with Crippen molar-refractivity contribution in [3.05, 3.63) is 17.5 Å². The first-order valence-electron chi connectivity index (χ1n) is 4.30. The van der Waals surface area contributed by atoms with Crippen LogP contribution in [0.3, 0.4) is 0 Å². The van der Waals surface area contributed by atoms with Crippen LogP contribution in [0.5, 0.6) is 0 Å². The molecule has 1 aromatic rings. The van der Waals surface area contributed by atoms with Crippen molar-refractivity contribution in [1.29, 1.82) is 0 Å². The lowest BCUT2D eigenvalue weighted by atomic mass is 10.4. The molecule has 1 rings (SSSR count). The first kappa shape index (κ1) is 10.9. The molecule has 0 fully saturated rings. The molecule has 74 valence electrons. The summed E-state index contributed by atoms with van der Waals surface area (Å²) in [5.74, 6) is 1.70. The molecule has 4 heteroatoms. The van der Waals surface area contributed by atoms with Crippen LogP contribution in [-0.4, -0.2) is 20.9 Å². The van der Waals surface area contributed by atoms with Gasteiger partial charge in [0.05, 0.1) is 5.69 Å². The van der Waals surface area contributed by atoms with Gasteiger partial charge < -0.3 is 0 Å². The van der Waals surface area contributed by atoms with E-state index in [9.17, 15) is 0 Å². The summed E-state index contributed by atoms with van der Waals surface area (Å²) in [6, 6.07) is 2.12. The highest BCUT2D eigenvalue weighted by molar-refractivity contribution is 7.99. The summed E-state index contributed by atoms with van der Waals surface area (Å²) in [5, 5.41) is 4.80. The van der Waals surface area contributed by atoms with Gasteiger partial charge in [-0.15, -0.1) is 11.6 Å². The van der Waals surface area contributed by atoms with Crippen LogP contribution in [0.25, 0.3) is 0 Å². The van der Waals surface area contributed by atoms with Crippen LogP contribution >= 0.6 is 23.4 Å². The third-order valence-electron chi connectivity index (χ3n) is 1.83. The first-order valence-corrected chi connectivity index (χ1v) is 5.89. The lowest BCUT2D eigenvalue weighted by molar-refractivity contribution is 0.727. The summed E-state index contributed by atoms with van der Waals surface area (Å²) in [7, 11) is 1.98. The predicted octanol–water partition coefficient (Wildman–Crippen LogP) is 2.59. The molecule has 1 unspecified atom stereocenters. The van der Waals surface area contributed by atoms with Gasteiger partial charge in [0.1, 0.15) is 0 Å². The Labute approximate surface area is 88.7 Å². The van der Waals surface area contributed by atoms with E-state index in [0.717, 1.165) is 11.4 Å². The van der Waals surface area contributed by atoms with Gasteiger partial charge in [0.15, 0.2) is 0 Å². The van der Waals surface area contributed by atoms with E-state index < -0.39 is 0 Å². The molecule has 0 aliphatic heterocycles. The molecule has 0 bridgehead atoms. The second-order valence-corrected chi connectivity index (χ2v) is 4.91. The van der Waals surface area contributed by atoms with Crippen LogP contribution in [-0.2, 0) is 12.8 Å². The molecule has 0 radical (unpaired) electrons. The average molecular weight is 219 g/mol. The van der Waals surface area contributed by atoms with Crippen LogP contribution in [0.15, 0.2) is 6.07 Å². The van der Waals surface area contributed by atoms with Crippen LogP contribution in [0.2, 0.25) is 0 Å². The van der Waals surface area contributed by atoms with Crippen LogP contribution in [0, 0.1) is 6.92 Å². The molecule has 0 aliphatic carbocycles. The van der Waals surface area contributed by atoms with Gasteiger partial charge in [0, 0.05) is 29.6 Å². The van der Waals surface area contributed by atoms with E-state index in [4.69, 9.17) is 11.6 Å². The molecular formula is C9H15ClN2S. The Balaban J connectivity index is 2.49. The van der Waals surface area contributed by atoms with Crippen LogP contribution in [0.4, 0.5) is 0 Å². The molecule has 1 aromatic heterocycles. The van der Waals surface area contributed by atoms with Gasteiger partial charge in [-0.05, 0) is 13.0 Å². The van der Waals surface area contributed by atoms with E-state index in [2.05, 4.69) is 18.1 Å². The molecule has 0 saturated carbocycles. The second kappa shape index (κ2) is 4.91. The van der Waals surface area contributed by atoms with E-state index in [1.165, 1.54) is 5.69 Å². The van der Waals surface area contributed by atoms with E-state index in [1.807, 2.05) is 30.4 Å². The maximum Gasteiger partial charge on any atom is 0.0596 e. The third kappa shape index (κ3) is 3.24. The van der Waals surface area contributed by atoms with Crippen molar-refractivity contribution < 1.29 is 0 Å². The minimum absolute atomic E-state index is 0.511. The number of hydrogen-bond acceptors (Lipinski definition) is 2. The summed E-state index contributed by atoms with van der Waals surface area (Å²) in [5.41, 5.74) is 2.34. The number of nitrogens with zero attached hydrogens (tertiary/aromatic N) is 2.